The van der Waals surface area contributed by atoms with Crippen molar-refractivity contribution in [1.29, 1.82) is 0 Å². The van der Waals surface area contributed by atoms with E-state index >= 15 is 0 Å². The number of pyridine rings is 1. The van der Waals surface area contributed by atoms with Crippen LogP contribution in [0.4, 0.5) is 10.1 Å². The fraction of sp³-hybridized carbons (Fsp3) is 0.308. The van der Waals surface area contributed by atoms with Crippen molar-refractivity contribution in [2.24, 2.45) is 0 Å². The lowest BCUT2D eigenvalue weighted by atomic mass is 10.0. The van der Waals surface area contributed by atoms with E-state index in [2.05, 4.69) is 33.2 Å². The molecule has 0 aliphatic heterocycles. The van der Waals surface area contributed by atoms with Crippen LogP contribution in [0.3, 0.4) is 0 Å². The molecule has 1 N–H and O–H groups in total. The lowest BCUT2D eigenvalue weighted by Crippen LogP contribution is -2.02. The van der Waals surface area contributed by atoms with Gasteiger partial charge in [-0.1, -0.05) is 22.9 Å². The number of nitrogens with zero attached hydrogens (tertiary/aromatic N) is 1. The lowest BCUT2D eigenvalue weighted by molar-refractivity contribution is 0.636. The minimum absolute atomic E-state index is 0.287. The summed E-state index contributed by atoms with van der Waals surface area (Å²) in [5, 5.41) is 3.98. The molecule has 2 nitrogen and oxygen atoms in total. The van der Waals surface area contributed by atoms with E-state index in [1.54, 1.807) is 6.07 Å². The van der Waals surface area contributed by atoms with Crippen LogP contribution in [-0.2, 0) is 6.42 Å². The maximum atomic E-state index is 13.8. The van der Waals surface area contributed by atoms with Crippen molar-refractivity contribution in [2.45, 2.75) is 20.3 Å². The van der Waals surface area contributed by atoms with Gasteiger partial charge in [0.05, 0.1) is 0 Å². The highest BCUT2D eigenvalue weighted by Crippen LogP contribution is 2.35. The van der Waals surface area contributed by atoms with Crippen LogP contribution >= 0.6 is 15.9 Å². The number of anilines is 1. The number of aromatic nitrogens is 1. The van der Waals surface area contributed by atoms with Crippen molar-refractivity contribution in [2.75, 3.05) is 12.4 Å². The molecule has 1 aromatic carbocycles. The van der Waals surface area contributed by atoms with Gasteiger partial charge in [-0.3, -0.25) is 0 Å². The van der Waals surface area contributed by atoms with Crippen LogP contribution in [0.5, 0.6) is 0 Å². The number of benzene rings is 1. The van der Waals surface area contributed by atoms with Gasteiger partial charge in [0.2, 0.25) is 0 Å². The topological polar surface area (TPSA) is 24.9 Å². The van der Waals surface area contributed by atoms with Crippen LogP contribution in [0.25, 0.3) is 10.9 Å². The van der Waals surface area contributed by atoms with Crippen molar-refractivity contribution in [1.82, 2.24) is 4.98 Å². The zero-order chi connectivity index (χ0) is 12.6. The first kappa shape index (κ1) is 12.3. The van der Waals surface area contributed by atoms with Crippen LogP contribution in [-0.4, -0.2) is 12.0 Å². The molecule has 0 aliphatic rings. The van der Waals surface area contributed by atoms with E-state index in [1.807, 2.05) is 14.0 Å². The van der Waals surface area contributed by atoms with Gasteiger partial charge >= 0.3 is 0 Å². The number of fused-ring (bicyclic) bond motifs is 1. The number of halogens is 2. The molecule has 0 unspecified atom stereocenters. The molecular formula is C13H14BrFN2. The van der Waals surface area contributed by atoms with E-state index in [9.17, 15) is 4.39 Å². The van der Waals surface area contributed by atoms with E-state index in [0.29, 0.717) is 5.52 Å². The van der Waals surface area contributed by atoms with Gasteiger partial charge in [-0.25, -0.2) is 9.37 Å². The maximum Gasteiger partial charge on any atom is 0.149 e. The van der Waals surface area contributed by atoms with Gasteiger partial charge in [-0.15, -0.1) is 0 Å². The Labute approximate surface area is 108 Å². The average molecular weight is 297 g/mol. The average Bonchev–Trinajstić information content (AvgIpc) is 2.32. The van der Waals surface area contributed by atoms with Gasteiger partial charge in [0.15, 0.2) is 0 Å². The summed E-state index contributed by atoms with van der Waals surface area (Å²) < 4.78 is 14.6. The smallest absolute Gasteiger partial charge is 0.149 e. The lowest BCUT2D eigenvalue weighted by Gasteiger charge is -2.15. The van der Waals surface area contributed by atoms with Crippen molar-refractivity contribution in [3.05, 3.63) is 33.7 Å². The molecule has 2 rings (SSSR count). The monoisotopic (exact) mass is 296 g/mol. The summed E-state index contributed by atoms with van der Waals surface area (Å²) in [7, 11) is 1.85. The molecule has 4 heteroatoms. The molecule has 0 fully saturated rings. The molecule has 17 heavy (non-hydrogen) atoms. The third kappa shape index (κ3) is 1.90. The zero-order valence-corrected chi connectivity index (χ0v) is 11.7. The van der Waals surface area contributed by atoms with Crippen LogP contribution in [0.15, 0.2) is 16.6 Å². The number of hydrogen-bond acceptors (Lipinski definition) is 2. The molecule has 0 aliphatic carbocycles. The Morgan fingerprint density at radius 2 is 2.12 bits per heavy atom. The van der Waals surface area contributed by atoms with Gasteiger partial charge in [-0.05, 0) is 31.0 Å². The summed E-state index contributed by atoms with van der Waals surface area (Å²) in [6.07, 6.45) is 0.869. The summed E-state index contributed by atoms with van der Waals surface area (Å²) in [6, 6.07) is 3.15. The standard InChI is InChI=1S/C13H14BrFN2/c1-4-8-7(2)17-13-10(15)6-5-9(14)11(13)12(8)16-3/h5-6H,4H2,1-3H3,(H,16,17). The number of rotatable bonds is 2. The second-order valence-corrected chi connectivity index (χ2v) is 4.76. The van der Waals surface area contributed by atoms with Crippen molar-refractivity contribution < 1.29 is 4.39 Å². The predicted octanol–water partition coefficient (Wildman–Crippen LogP) is 4.05. The first-order chi connectivity index (χ1) is 8.10. The second-order valence-electron chi connectivity index (χ2n) is 3.91. The third-order valence-electron chi connectivity index (χ3n) is 2.95. The molecule has 0 saturated carbocycles. The highest BCUT2D eigenvalue weighted by atomic mass is 79.9. The van der Waals surface area contributed by atoms with Gasteiger partial charge in [-0.2, -0.15) is 0 Å². The quantitative estimate of drug-likeness (QED) is 0.904. The van der Waals surface area contributed by atoms with E-state index in [-0.39, 0.29) is 5.82 Å². The van der Waals surface area contributed by atoms with Gasteiger partial charge < -0.3 is 5.32 Å². The Kier molecular flexibility index (Phi) is 3.33. The molecule has 0 amide bonds. The number of hydrogen-bond donors (Lipinski definition) is 1. The highest BCUT2D eigenvalue weighted by Gasteiger charge is 2.15. The summed E-state index contributed by atoms with van der Waals surface area (Å²) in [6.45, 7) is 3.99. The number of nitrogens with one attached hydrogen (secondary N) is 1. The largest absolute Gasteiger partial charge is 0.387 e. The molecule has 1 heterocycles. The zero-order valence-electron chi connectivity index (χ0n) is 10.1. The van der Waals surface area contributed by atoms with Gasteiger partial charge in [0.25, 0.3) is 0 Å². The highest BCUT2D eigenvalue weighted by molar-refractivity contribution is 9.10. The first-order valence-electron chi connectivity index (χ1n) is 5.55. The Hall–Kier alpha value is -1.16. The summed E-state index contributed by atoms with van der Waals surface area (Å²) in [5.74, 6) is -0.287. The summed E-state index contributed by atoms with van der Waals surface area (Å²) >= 11 is 3.46. The molecular weight excluding hydrogens is 283 g/mol. The van der Waals surface area contributed by atoms with Crippen LogP contribution in [0.2, 0.25) is 0 Å². The van der Waals surface area contributed by atoms with Crippen molar-refractivity contribution in [3.63, 3.8) is 0 Å². The molecule has 0 atom stereocenters. The van der Waals surface area contributed by atoms with Crippen LogP contribution in [0.1, 0.15) is 18.2 Å². The molecule has 1 aromatic heterocycles. The fourth-order valence-corrected chi connectivity index (χ4v) is 2.68. The van der Waals surface area contributed by atoms with Gasteiger partial charge in [0.1, 0.15) is 11.3 Å². The van der Waals surface area contributed by atoms with E-state index in [0.717, 1.165) is 33.2 Å². The Morgan fingerprint density at radius 3 is 2.71 bits per heavy atom. The molecule has 0 saturated heterocycles. The third-order valence-corrected chi connectivity index (χ3v) is 3.61. The summed E-state index contributed by atoms with van der Waals surface area (Å²) in [5.41, 5.74) is 3.38. The molecule has 2 aromatic rings. The molecule has 0 spiro atoms. The number of aryl methyl sites for hydroxylation is 1. The summed E-state index contributed by atoms with van der Waals surface area (Å²) in [4.78, 5) is 4.37. The van der Waals surface area contributed by atoms with E-state index in [4.69, 9.17) is 0 Å². The Morgan fingerprint density at radius 1 is 1.41 bits per heavy atom. The normalized spacial score (nSPS) is 10.9. The van der Waals surface area contributed by atoms with E-state index < -0.39 is 0 Å². The molecule has 0 radical (unpaired) electrons. The minimum Gasteiger partial charge on any atom is -0.387 e. The predicted molar refractivity (Wildman–Crippen MR) is 73.1 cm³/mol. The van der Waals surface area contributed by atoms with Crippen LogP contribution in [0, 0.1) is 12.7 Å². The first-order valence-corrected chi connectivity index (χ1v) is 6.34. The van der Waals surface area contributed by atoms with Crippen molar-refractivity contribution in [3.8, 4) is 0 Å². The van der Waals surface area contributed by atoms with E-state index in [1.165, 1.54) is 6.07 Å². The van der Waals surface area contributed by atoms with Gasteiger partial charge in [0, 0.05) is 28.3 Å². The van der Waals surface area contributed by atoms with Crippen LogP contribution < -0.4 is 5.32 Å². The molecule has 0 bridgehead atoms. The SMILES string of the molecule is CCc1c(C)nc2c(F)ccc(Br)c2c1NC. The maximum absolute atomic E-state index is 13.8. The van der Waals surface area contributed by atoms with Crippen molar-refractivity contribution >= 4 is 32.5 Å². The minimum atomic E-state index is -0.287. The second kappa shape index (κ2) is 4.61. The Bertz CT molecular complexity index is 581. The Balaban J connectivity index is 2.98. The fourth-order valence-electron chi connectivity index (χ4n) is 2.16. The molecule has 90 valence electrons.